The highest BCUT2D eigenvalue weighted by Gasteiger charge is 2.30. The van der Waals surface area contributed by atoms with Crippen LogP contribution in [-0.4, -0.2) is 33.4 Å². The monoisotopic (exact) mass is 546 g/mol. The molecule has 0 fully saturated rings. The molecule has 0 spiro atoms. The number of nitrogens with zero attached hydrogens (tertiary/aromatic N) is 1. The Balaban J connectivity index is 1.67. The van der Waals surface area contributed by atoms with Crippen LogP contribution in [0.1, 0.15) is 46.1 Å². The number of rotatable bonds is 8. The summed E-state index contributed by atoms with van der Waals surface area (Å²) >= 11 is 7.31. The van der Waals surface area contributed by atoms with Crippen LogP contribution in [0.2, 0.25) is 5.02 Å². The van der Waals surface area contributed by atoms with Crippen LogP contribution in [0.15, 0.2) is 53.4 Å². The third kappa shape index (κ3) is 5.58. The molecule has 1 heterocycles. The predicted octanol–water partition coefficient (Wildman–Crippen LogP) is 5.60. The summed E-state index contributed by atoms with van der Waals surface area (Å²) in [6.45, 7) is 3.37. The number of ether oxygens (including phenoxy) is 1. The van der Waals surface area contributed by atoms with Crippen LogP contribution in [0.25, 0.3) is 0 Å². The maximum atomic E-state index is 13.6. The Labute approximate surface area is 220 Å². The van der Waals surface area contributed by atoms with E-state index in [0.29, 0.717) is 21.3 Å². The second-order valence-corrected chi connectivity index (χ2v) is 11.9. The number of benzene rings is 2. The molecule has 190 valence electrons. The molecule has 36 heavy (non-hydrogen) atoms. The van der Waals surface area contributed by atoms with E-state index in [1.165, 1.54) is 35.6 Å². The number of anilines is 2. The normalized spacial score (nSPS) is 13.1. The van der Waals surface area contributed by atoms with E-state index in [0.717, 1.165) is 46.0 Å². The highest BCUT2D eigenvalue weighted by molar-refractivity contribution is 7.92. The second kappa shape index (κ2) is 11.0. The first-order valence-corrected chi connectivity index (χ1v) is 14.3. The van der Waals surface area contributed by atoms with Gasteiger partial charge in [-0.25, -0.2) is 13.2 Å². The van der Waals surface area contributed by atoms with E-state index in [4.69, 9.17) is 16.3 Å². The van der Waals surface area contributed by atoms with Gasteiger partial charge in [-0.2, -0.15) is 0 Å². The first-order chi connectivity index (χ1) is 17.2. The van der Waals surface area contributed by atoms with E-state index in [2.05, 4.69) is 5.32 Å². The molecule has 7 nitrogen and oxygen atoms in total. The standard InChI is InChI=1S/C26H27ClN2O5S2/c1-3-34-26(31)24-21-6-4-5-7-22(21)35-25(24)28-23(30)16-29(19-12-8-17(2)9-13-19)36(32,33)20-14-10-18(27)11-15-20/h8-15H,3-7,16H2,1-2H3,(H,28,30). The molecule has 1 aliphatic carbocycles. The molecule has 2 aromatic carbocycles. The van der Waals surface area contributed by atoms with Crippen molar-refractivity contribution in [2.45, 2.75) is 44.4 Å². The average molecular weight is 547 g/mol. The van der Waals surface area contributed by atoms with Gasteiger partial charge in [0.15, 0.2) is 0 Å². The molecular formula is C26H27ClN2O5S2. The number of fused-ring (bicyclic) bond motifs is 1. The summed E-state index contributed by atoms with van der Waals surface area (Å²) in [5.74, 6) is -1.03. The van der Waals surface area contributed by atoms with Crippen molar-refractivity contribution in [3.63, 3.8) is 0 Å². The van der Waals surface area contributed by atoms with Crippen molar-refractivity contribution in [1.82, 2.24) is 0 Å². The van der Waals surface area contributed by atoms with E-state index >= 15 is 0 Å². The summed E-state index contributed by atoms with van der Waals surface area (Å²) in [7, 11) is -4.08. The Morgan fingerprint density at radius 3 is 2.39 bits per heavy atom. The number of thiophene rings is 1. The lowest BCUT2D eigenvalue weighted by Crippen LogP contribution is -2.38. The van der Waals surface area contributed by atoms with Crippen LogP contribution in [-0.2, 0) is 32.4 Å². The zero-order valence-corrected chi connectivity index (χ0v) is 22.4. The topological polar surface area (TPSA) is 92.8 Å². The van der Waals surface area contributed by atoms with Gasteiger partial charge in [-0.1, -0.05) is 29.3 Å². The third-order valence-electron chi connectivity index (χ3n) is 5.91. The number of sulfonamides is 1. The third-order valence-corrected chi connectivity index (χ3v) is 9.16. The van der Waals surface area contributed by atoms with E-state index in [9.17, 15) is 18.0 Å². The van der Waals surface area contributed by atoms with Gasteiger partial charge in [0.25, 0.3) is 10.0 Å². The number of esters is 1. The minimum absolute atomic E-state index is 0.0130. The van der Waals surface area contributed by atoms with Gasteiger partial charge in [-0.15, -0.1) is 11.3 Å². The molecule has 0 saturated heterocycles. The van der Waals surface area contributed by atoms with E-state index in [1.54, 1.807) is 31.2 Å². The van der Waals surface area contributed by atoms with Crippen molar-refractivity contribution in [3.8, 4) is 0 Å². The molecule has 1 aliphatic rings. The average Bonchev–Trinajstić information content (AvgIpc) is 3.21. The highest BCUT2D eigenvalue weighted by atomic mass is 35.5. The van der Waals surface area contributed by atoms with Gasteiger partial charge in [0.1, 0.15) is 11.5 Å². The van der Waals surface area contributed by atoms with Gasteiger partial charge in [0, 0.05) is 9.90 Å². The fraction of sp³-hybridized carbons (Fsp3) is 0.308. The zero-order valence-electron chi connectivity index (χ0n) is 20.0. The van der Waals surface area contributed by atoms with Gasteiger partial charge < -0.3 is 10.1 Å². The fourth-order valence-corrected chi connectivity index (χ4v) is 6.97. The van der Waals surface area contributed by atoms with Crippen molar-refractivity contribution in [2.24, 2.45) is 0 Å². The number of carbonyl (C=O) groups is 2. The van der Waals surface area contributed by atoms with Crippen LogP contribution < -0.4 is 9.62 Å². The number of halogens is 1. The van der Waals surface area contributed by atoms with Crippen molar-refractivity contribution in [1.29, 1.82) is 0 Å². The van der Waals surface area contributed by atoms with E-state index in [-0.39, 0.29) is 11.5 Å². The summed E-state index contributed by atoms with van der Waals surface area (Å²) in [6.07, 6.45) is 3.56. The SMILES string of the molecule is CCOC(=O)c1c(NC(=O)CN(c2ccc(C)cc2)S(=O)(=O)c2ccc(Cl)cc2)sc2c1CCCC2. The van der Waals surface area contributed by atoms with Gasteiger partial charge in [0.05, 0.1) is 22.8 Å². The molecule has 1 amide bonds. The Kier molecular flexibility index (Phi) is 8.02. The Bertz CT molecular complexity index is 1370. The second-order valence-electron chi connectivity index (χ2n) is 8.48. The van der Waals surface area contributed by atoms with Gasteiger partial charge in [0.2, 0.25) is 5.91 Å². The zero-order chi connectivity index (χ0) is 25.9. The molecule has 10 heteroatoms. The first kappa shape index (κ1) is 26.2. The molecule has 0 saturated carbocycles. The Morgan fingerprint density at radius 2 is 1.72 bits per heavy atom. The predicted molar refractivity (Wildman–Crippen MR) is 143 cm³/mol. The van der Waals surface area contributed by atoms with Crippen LogP contribution in [0, 0.1) is 6.92 Å². The molecule has 1 N–H and O–H groups in total. The minimum atomic E-state index is -4.08. The first-order valence-electron chi connectivity index (χ1n) is 11.7. The molecule has 0 bridgehead atoms. The minimum Gasteiger partial charge on any atom is -0.462 e. The molecular weight excluding hydrogens is 520 g/mol. The number of hydrogen-bond donors (Lipinski definition) is 1. The highest BCUT2D eigenvalue weighted by Crippen LogP contribution is 2.38. The molecule has 0 radical (unpaired) electrons. The van der Waals surface area contributed by atoms with Gasteiger partial charge in [-0.05, 0) is 81.5 Å². The maximum absolute atomic E-state index is 13.6. The molecule has 4 rings (SSSR count). The van der Waals surface area contributed by atoms with Gasteiger partial charge >= 0.3 is 5.97 Å². The van der Waals surface area contributed by atoms with Crippen molar-refractivity contribution >= 4 is 55.5 Å². The van der Waals surface area contributed by atoms with Crippen LogP contribution in [0.4, 0.5) is 10.7 Å². The lowest BCUT2D eigenvalue weighted by Gasteiger charge is -2.24. The lowest BCUT2D eigenvalue weighted by molar-refractivity contribution is -0.114. The van der Waals surface area contributed by atoms with Crippen molar-refractivity contribution in [3.05, 3.63) is 75.1 Å². The van der Waals surface area contributed by atoms with Gasteiger partial charge in [-0.3, -0.25) is 9.10 Å². The quantitative estimate of drug-likeness (QED) is 0.371. The smallest absolute Gasteiger partial charge is 0.341 e. The molecule has 0 unspecified atom stereocenters. The summed E-state index contributed by atoms with van der Waals surface area (Å²) in [5, 5.41) is 3.61. The Morgan fingerprint density at radius 1 is 1.06 bits per heavy atom. The fourth-order valence-electron chi connectivity index (χ4n) is 4.13. The molecule has 1 aromatic heterocycles. The van der Waals surface area contributed by atoms with Crippen molar-refractivity contribution in [2.75, 3.05) is 22.8 Å². The molecule has 0 aliphatic heterocycles. The summed E-state index contributed by atoms with van der Waals surface area (Å²) < 4.78 is 33.5. The van der Waals surface area contributed by atoms with E-state index in [1.807, 2.05) is 6.92 Å². The largest absolute Gasteiger partial charge is 0.462 e. The number of amides is 1. The summed E-state index contributed by atoms with van der Waals surface area (Å²) in [4.78, 5) is 27.1. The number of carbonyl (C=O) groups excluding carboxylic acids is 2. The van der Waals surface area contributed by atoms with Crippen LogP contribution in [0.5, 0.6) is 0 Å². The van der Waals surface area contributed by atoms with E-state index < -0.39 is 28.4 Å². The van der Waals surface area contributed by atoms with Crippen molar-refractivity contribution < 1.29 is 22.7 Å². The van der Waals surface area contributed by atoms with Crippen LogP contribution in [0.3, 0.4) is 0 Å². The summed E-state index contributed by atoms with van der Waals surface area (Å²) in [6, 6.07) is 12.7. The number of aryl methyl sites for hydroxylation is 2. The summed E-state index contributed by atoms with van der Waals surface area (Å²) in [5.41, 5.74) is 2.61. The number of nitrogens with one attached hydrogen (secondary N) is 1. The lowest BCUT2D eigenvalue weighted by atomic mass is 9.95. The molecule has 0 atom stereocenters. The van der Waals surface area contributed by atoms with Crippen LogP contribution >= 0.6 is 22.9 Å². The maximum Gasteiger partial charge on any atom is 0.341 e. The number of hydrogen-bond acceptors (Lipinski definition) is 6. The Hall–Kier alpha value is -2.88. The molecule has 3 aromatic rings.